The molecule has 2 aromatic heterocycles. The Kier molecular flexibility index (Phi) is 13.0. The van der Waals surface area contributed by atoms with Crippen molar-refractivity contribution in [2.24, 2.45) is 0 Å². The van der Waals surface area contributed by atoms with E-state index in [1.165, 1.54) is 11.1 Å². The fourth-order valence-corrected chi connectivity index (χ4v) is 10.0. The van der Waals surface area contributed by atoms with Gasteiger partial charge in [0.25, 0.3) is 0 Å². The monoisotopic (exact) mass is 995 g/mol. The van der Waals surface area contributed by atoms with Crippen LogP contribution in [0.15, 0.2) is 297 Å². The van der Waals surface area contributed by atoms with Crippen LogP contribution < -0.4 is 0 Å². The fraction of sp³-hybridized carbons (Fsp3) is 0. The largest absolute Gasteiger partial charge is 0.228 e. The molecule has 0 radical (unpaired) electrons. The molecule has 0 aliphatic rings. The Labute approximate surface area is 454 Å². The number of nitrogens with zero attached hydrogens (tertiary/aromatic N) is 5. The van der Waals surface area contributed by atoms with Crippen molar-refractivity contribution in [2.75, 3.05) is 0 Å². The van der Waals surface area contributed by atoms with Crippen molar-refractivity contribution in [2.45, 2.75) is 0 Å². The summed E-state index contributed by atoms with van der Waals surface area (Å²) < 4.78 is 0. The molecule has 0 saturated carbocycles. The third kappa shape index (κ3) is 10.2. The summed E-state index contributed by atoms with van der Waals surface area (Å²) in [6, 6.07) is 104. The predicted octanol–water partition coefficient (Wildman–Crippen LogP) is 18.7. The zero-order valence-electron chi connectivity index (χ0n) is 42.5. The van der Waals surface area contributed by atoms with Crippen LogP contribution in [0.2, 0.25) is 0 Å². The van der Waals surface area contributed by atoms with Gasteiger partial charge in [0.05, 0.1) is 11.4 Å². The lowest BCUT2D eigenvalue weighted by atomic mass is 9.96. The van der Waals surface area contributed by atoms with Crippen molar-refractivity contribution in [3.8, 4) is 135 Å². The average Bonchev–Trinajstić information content (AvgIpc) is 3.57. The molecule has 0 fully saturated rings. The molecule has 0 bridgehead atoms. The summed E-state index contributed by atoms with van der Waals surface area (Å²) in [6.07, 6.45) is 0. The molecule has 0 amide bonds. The molecule has 0 aliphatic carbocycles. The van der Waals surface area contributed by atoms with Crippen LogP contribution in [0.1, 0.15) is 0 Å². The van der Waals surface area contributed by atoms with Gasteiger partial charge in [-0.3, -0.25) is 0 Å². The van der Waals surface area contributed by atoms with E-state index in [-0.39, 0.29) is 0 Å². The maximum absolute atomic E-state index is 5.26. The standard InChI is InChI=1S/C73H49N5/c1-5-16-50(17-6-1)54-30-38-58(39-31-54)68-49-69(59-40-32-55(33-41-59)51-18-7-2-8-19-51)75-72(74-68)66-28-14-26-64(47-66)62-24-13-25-63(46-62)65-27-15-29-67(48-65)73-77-70(60-42-34-56(35-43-60)52-20-9-3-10-21-52)76-71(78-73)61-44-36-57(37-45-61)53-22-11-4-12-23-53/h1-49H. The molecule has 2 heterocycles. The summed E-state index contributed by atoms with van der Waals surface area (Å²) in [7, 11) is 0. The molecule has 0 unspecified atom stereocenters. The topological polar surface area (TPSA) is 64.5 Å². The van der Waals surface area contributed by atoms with Gasteiger partial charge in [-0.15, -0.1) is 0 Å². The minimum atomic E-state index is 0.598. The van der Waals surface area contributed by atoms with Crippen molar-refractivity contribution >= 4 is 0 Å². The van der Waals surface area contributed by atoms with Crippen LogP contribution in [-0.2, 0) is 0 Å². The molecule has 0 atom stereocenters. The van der Waals surface area contributed by atoms with Crippen LogP contribution in [0.25, 0.3) is 135 Å². The van der Waals surface area contributed by atoms with E-state index < -0.39 is 0 Å². The average molecular weight is 996 g/mol. The quantitative estimate of drug-likeness (QED) is 0.122. The second kappa shape index (κ2) is 21.4. The summed E-state index contributed by atoms with van der Waals surface area (Å²) in [5.74, 6) is 2.47. The third-order valence-electron chi connectivity index (χ3n) is 14.2. The zero-order chi connectivity index (χ0) is 52.0. The first-order chi connectivity index (χ1) is 38.6. The van der Waals surface area contributed by atoms with Crippen LogP contribution in [0.5, 0.6) is 0 Å². The van der Waals surface area contributed by atoms with Gasteiger partial charge in [0.2, 0.25) is 0 Å². The van der Waals surface area contributed by atoms with E-state index in [1.807, 2.05) is 24.3 Å². The van der Waals surface area contributed by atoms with Gasteiger partial charge in [0, 0.05) is 33.4 Å². The van der Waals surface area contributed by atoms with Gasteiger partial charge in [0.1, 0.15) is 0 Å². The first kappa shape index (κ1) is 47.2. The maximum Gasteiger partial charge on any atom is 0.164 e. The lowest BCUT2D eigenvalue weighted by Gasteiger charge is -2.12. The number of benzene rings is 11. The Hall–Kier alpha value is -10.5. The zero-order valence-corrected chi connectivity index (χ0v) is 42.5. The Morgan fingerprint density at radius 1 is 0.128 bits per heavy atom. The van der Waals surface area contributed by atoms with Gasteiger partial charge in [-0.2, -0.15) is 0 Å². The number of rotatable bonds is 12. The molecule has 5 heteroatoms. The molecule has 366 valence electrons. The van der Waals surface area contributed by atoms with Crippen molar-refractivity contribution in [1.29, 1.82) is 0 Å². The minimum absolute atomic E-state index is 0.598. The fourth-order valence-electron chi connectivity index (χ4n) is 10.0. The van der Waals surface area contributed by atoms with E-state index in [1.54, 1.807) is 0 Å². The van der Waals surface area contributed by atoms with Crippen LogP contribution in [0.3, 0.4) is 0 Å². The van der Waals surface area contributed by atoms with E-state index >= 15 is 0 Å². The highest BCUT2D eigenvalue weighted by Crippen LogP contribution is 2.35. The second-order valence-electron chi connectivity index (χ2n) is 19.3. The first-order valence-corrected chi connectivity index (χ1v) is 26.2. The number of hydrogen-bond donors (Lipinski definition) is 0. The Bertz CT molecular complexity index is 3710. The Morgan fingerprint density at radius 3 is 0.641 bits per heavy atom. The highest BCUT2D eigenvalue weighted by atomic mass is 15.0. The first-order valence-electron chi connectivity index (χ1n) is 26.2. The highest BCUT2D eigenvalue weighted by molar-refractivity contribution is 5.81. The van der Waals surface area contributed by atoms with Gasteiger partial charge in [-0.25, -0.2) is 24.9 Å². The van der Waals surface area contributed by atoms with Crippen LogP contribution >= 0.6 is 0 Å². The molecule has 5 nitrogen and oxygen atoms in total. The van der Waals surface area contributed by atoms with E-state index in [2.05, 4.69) is 273 Å². The molecule has 13 aromatic rings. The van der Waals surface area contributed by atoms with Gasteiger partial charge in [0.15, 0.2) is 23.3 Å². The number of hydrogen-bond acceptors (Lipinski definition) is 5. The van der Waals surface area contributed by atoms with Crippen LogP contribution in [-0.4, -0.2) is 24.9 Å². The minimum Gasteiger partial charge on any atom is -0.228 e. The molecule has 0 spiro atoms. The highest BCUT2D eigenvalue weighted by Gasteiger charge is 2.16. The summed E-state index contributed by atoms with van der Waals surface area (Å²) in [6.45, 7) is 0. The van der Waals surface area contributed by atoms with Crippen LogP contribution in [0, 0.1) is 0 Å². The van der Waals surface area contributed by atoms with Crippen LogP contribution in [0.4, 0.5) is 0 Å². The SMILES string of the molecule is c1ccc(-c2ccc(-c3cc(-c4ccc(-c5ccccc5)cc4)nc(-c4cccc(-c5cccc(-c6cccc(-c7nc(-c8ccc(-c9ccccc9)cc8)nc(-c8ccc(-c9ccccc9)cc8)n7)c6)c5)c4)n3)cc2)cc1. The van der Waals surface area contributed by atoms with Gasteiger partial charge in [-0.1, -0.05) is 273 Å². The molecule has 13 rings (SSSR count). The van der Waals surface area contributed by atoms with Crippen molar-refractivity contribution in [3.63, 3.8) is 0 Å². The molecular formula is C73H49N5. The molecular weight excluding hydrogens is 947 g/mol. The maximum atomic E-state index is 5.26. The molecule has 11 aromatic carbocycles. The van der Waals surface area contributed by atoms with E-state index in [4.69, 9.17) is 24.9 Å². The van der Waals surface area contributed by atoms with Gasteiger partial charge in [-0.05, 0) is 91.0 Å². The third-order valence-corrected chi connectivity index (χ3v) is 14.2. The van der Waals surface area contributed by atoms with Crippen molar-refractivity contribution in [1.82, 2.24) is 24.9 Å². The Morgan fingerprint density at radius 2 is 0.333 bits per heavy atom. The lowest BCUT2D eigenvalue weighted by molar-refractivity contribution is 1.07. The predicted molar refractivity (Wildman–Crippen MR) is 321 cm³/mol. The van der Waals surface area contributed by atoms with Crippen molar-refractivity contribution in [3.05, 3.63) is 297 Å². The molecule has 0 aliphatic heterocycles. The molecule has 0 saturated heterocycles. The van der Waals surface area contributed by atoms with Gasteiger partial charge < -0.3 is 0 Å². The normalized spacial score (nSPS) is 11.1. The number of aromatic nitrogens is 5. The Balaban J connectivity index is 0.838. The molecule has 78 heavy (non-hydrogen) atoms. The smallest absolute Gasteiger partial charge is 0.164 e. The summed E-state index contributed by atoms with van der Waals surface area (Å²) in [5.41, 5.74) is 20.9. The summed E-state index contributed by atoms with van der Waals surface area (Å²) in [5, 5.41) is 0. The molecule has 0 N–H and O–H groups in total. The van der Waals surface area contributed by atoms with Gasteiger partial charge >= 0.3 is 0 Å². The summed E-state index contributed by atoms with van der Waals surface area (Å²) in [4.78, 5) is 25.9. The van der Waals surface area contributed by atoms with Crippen molar-refractivity contribution < 1.29 is 0 Å². The lowest BCUT2D eigenvalue weighted by Crippen LogP contribution is -2.00. The van der Waals surface area contributed by atoms with E-state index in [0.717, 1.165) is 100 Å². The second-order valence-corrected chi connectivity index (χ2v) is 19.3. The van der Waals surface area contributed by atoms with E-state index in [0.29, 0.717) is 23.3 Å². The summed E-state index contributed by atoms with van der Waals surface area (Å²) >= 11 is 0. The van der Waals surface area contributed by atoms with E-state index in [9.17, 15) is 0 Å².